The molecule has 1 fully saturated rings. The summed E-state index contributed by atoms with van der Waals surface area (Å²) in [6.45, 7) is 4.44. The number of aryl methyl sites for hydroxylation is 1. The molecule has 3 rings (SSSR count). The first kappa shape index (κ1) is 12.3. The van der Waals surface area contributed by atoms with Crippen molar-refractivity contribution in [3.8, 4) is 5.75 Å². The Bertz CT molecular complexity index is 443. The fraction of sp³-hybridized carbons (Fsp3) is 0.625. The SMILES string of the molecule is Cc1ccc2c(c1)CC(CC1CCC(Cl)C1C)O2. The minimum atomic E-state index is 0.371. The van der Waals surface area contributed by atoms with E-state index >= 15 is 0 Å². The van der Waals surface area contributed by atoms with Crippen LogP contribution in [0.1, 0.15) is 37.3 Å². The average molecular weight is 265 g/mol. The number of ether oxygens (including phenoxy) is 1. The molecule has 1 aliphatic carbocycles. The van der Waals surface area contributed by atoms with Gasteiger partial charge in [-0.1, -0.05) is 24.6 Å². The highest BCUT2D eigenvalue weighted by Gasteiger charge is 2.35. The lowest BCUT2D eigenvalue weighted by molar-refractivity contribution is 0.181. The van der Waals surface area contributed by atoms with Crippen LogP contribution in [0, 0.1) is 18.8 Å². The predicted octanol–water partition coefficient (Wildman–Crippen LogP) is 4.34. The molecule has 1 aromatic rings. The van der Waals surface area contributed by atoms with Gasteiger partial charge in [0.05, 0.1) is 0 Å². The Labute approximate surface area is 114 Å². The Morgan fingerprint density at radius 3 is 2.89 bits per heavy atom. The maximum absolute atomic E-state index is 6.31. The molecule has 0 bridgehead atoms. The van der Waals surface area contributed by atoms with Gasteiger partial charge in [0.25, 0.3) is 0 Å². The van der Waals surface area contributed by atoms with Gasteiger partial charge in [-0.25, -0.2) is 0 Å². The van der Waals surface area contributed by atoms with E-state index in [0.29, 0.717) is 17.4 Å². The molecule has 1 nitrogen and oxygen atoms in total. The van der Waals surface area contributed by atoms with Crippen molar-refractivity contribution in [3.05, 3.63) is 29.3 Å². The summed E-state index contributed by atoms with van der Waals surface area (Å²) in [6, 6.07) is 6.51. The minimum Gasteiger partial charge on any atom is -0.490 e. The Morgan fingerprint density at radius 2 is 2.17 bits per heavy atom. The first-order valence-electron chi connectivity index (χ1n) is 7.03. The second-order valence-electron chi connectivity index (χ2n) is 6.00. The maximum atomic E-state index is 6.31. The number of alkyl halides is 1. The predicted molar refractivity (Wildman–Crippen MR) is 75.4 cm³/mol. The molecular formula is C16H21ClO. The van der Waals surface area contributed by atoms with Crippen molar-refractivity contribution in [2.24, 2.45) is 11.8 Å². The second-order valence-corrected chi connectivity index (χ2v) is 6.56. The summed E-state index contributed by atoms with van der Waals surface area (Å²) in [4.78, 5) is 0. The van der Waals surface area contributed by atoms with Gasteiger partial charge in [0, 0.05) is 11.8 Å². The number of benzene rings is 1. The number of hydrogen-bond donors (Lipinski definition) is 0. The van der Waals surface area contributed by atoms with Gasteiger partial charge in [-0.05, 0) is 49.7 Å². The van der Waals surface area contributed by atoms with Gasteiger partial charge in [-0.2, -0.15) is 0 Å². The molecule has 1 heterocycles. The van der Waals surface area contributed by atoms with Gasteiger partial charge < -0.3 is 4.74 Å². The Morgan fingerprint density at radius 1 is 1.33 bits per heavy atom. The lowest BCUT2D eigenvalue weighted by Crippen LogP contribution is -2.21. The molecule has 0 N–H and O–H groups in total. The van der Waals surface area contributed by atoms with Crippen molar-refractivity contribution < 1.29 is 4.74 Å². The van der Waals surface area contributed by atoms with Crippen molar-refractivity contribution in [3.63, 3.8) is 0 Å². The number of fused-ring (bicyclic) bond motifs is 1. The van der Waals surface area contributed by atoms with E-state index in [-0.39, 0.29) is 0 Å². The van der Waals surface area contributed by atoms with Gasteiger partial charge in [-0.3, -0.25) is 0 Å². The Balaban J connectivity index is 1.64. The maximum Gasteiger partial charge on any atom is 0.123 e. The molecule has 4 unspecified atom stereocenters. The lowest BCUT2D eigenvalue weighted by Gasteiger charge is -2.20. The van der Waals surface area contributed by atoms with Crippen LogP contribution in [0.15, 0.2) is 18.2 Å². The third-order valence-corrected chi connectivity index (χ3v) is 5.27. The second kappa shape index (κ2) is 4.77. The van der Waals surface area contributed by atoms with Gasteiger partial charge in [0.2, 0.25) is 0 Å². The van der Waals surface area contributed by atoms with Crippen LogP contribution in [-0.2, 0) is 6.42 Å². The van der Waals surface area contributed by atoms with Crippen molar-refractivity contribution in [2.45, 2.75) is 51.0 Å². The summed E-state index contributed by atoms with van der Waals surface area (Å²) in [5.41, 5.74) is 2.71. The van der Waals surface area contributed by atoms with Crippen molar-refractivity contribution in [1.29, 1.82) is 0 Å². The van der Waals surface area contributed by atoms with Gasteiger partial charge in [0.1, 0.15) is 11.9 Å². The van der Waals surface area contributed by atoms with E-state index in [4.69, 9.17) is 16.3 Å². The summed E-state index contributed by atoms with van der Waals surface area (Å²) >= 11 is 6.31. The van der Waals surface area contributed by atoms with Crippen LogP contribution in [0.25, 0.3) is 0 Å². The van der Waals surface area contributed by atoms with Crippen molar-refractivity contribution >= 4 is 11.6 Å². The molecule has 2 heteroatoms. The van der Waals surface area contributed by atoms with E-state index in [2.05, 4.69) is 32.0 Å². The lowest BCUT2D eigenvalue weighted by atomic mass is 9.90. The van der Waals surface area contributed by atoms with E-state index in [0.717, 1.165) is 24.5 Å². The zero-order chi connectivity index (χ0) is 12.7. The Kier molecular flexibility index (Phi) is 3.27. The van der Waals surface area contributed by atoms with E-state index in [1.165, 1.54) is 24.0 Å². The molecule has 1 saturated carbocycles. The number of hydrogen-bond acceptors (Lipinski definition) is 1. The molecule has 0 aromatic heterocycles. The zero-order valence-electron chi connectivity index (χ0n) is 11.2. The van der Waals surface area contributed by atoms with Crippen molar-refractivity contribution in [2.75, 3.05) is 0 Å². The molecule has 0 spiro atoms. The first-order chi connectivity index (χ1) is 8.63. The summed E-state index contributed by atoms with van der Waals surface area (Å²) in [5, 5.41) is 0.376. The normalized spacial score (nSPS) is 34.4. The fourth-order valence-electron chi connectivity index (χ4n) is 3.45. The number of halogens is 1. The quantitative estimate of drug-likeness (QED) is 0.722. The standard InChI is InChI=1S/C16H21ClO/c1-10-3-6-16-13(7-10)9-14(18-16)8-12-4-5-15(17)11(12)2/h3,6-7,11-12,14-15H,4-5,8-9H2,1-2H3. The molecule has 1 aromatic carbocycles. The van der Waals surface area contributed by atoms with E-state index in [1.54, 1.807) is 0 Å². The monoisotopic (exact) mass is 264 g/mol. The molecule has 2 aliphatic rings. The summed E-state index contributed by atoms with van der Waals surface area (Å²) in [7, 11) is 0. The highest BCUT2D eigenvalue weighted by molar-refractivity contribution is 6.20. The summed E-state index contributed by atoms with van der Waals surface area (Å²) in [6.07, 6.45) is 5.05. The Hall–Kier alpha value is -0.690. The van der Waals surface area contributed by atoms with Crippen LogP contribution < -0.4 is 4.74 Å². The van der Waals surface area contributed by atoms with Crippen LogP contribution in [0.3, 0.4) is 0 Å². The van der Waals surface area contributed by atoms with Crippen molar-refractivity contribution in [1.82, 2.24) is 0 Å². The minimum absolute atomic E-state index is 0.371. The summed E-state index contributed by atoms with van der Waals surface area (Å²) < 4.78 is 6.06. The van der Waals surface area contributed by atoms with E-state index < -0.39 is 0 Å². The van der Waals surface area contributed by atoms with Gasteiger partial charge >= 0.3 is 0 Å². The molecule has 0 radical (unpaired) electrons. The van der Waals surface area contributed by atoms with Crippen LogP contribution in [-0.4, -0.2) is 11.5 Å². The third kappa shape index (κ3) is 2.25. The average Bonchev–Trinajstić information content (AvgIpc) is 2.86. The molecule has 1 aliphatic heterocycles. The molecule has 0 saturated heterocycles. The molecule has 4 atom stereocenters. The molecule has 98 valence electrons. The molecular weight excluding hydrogens is 244 g/mol. The van der Waals surface area contributed by atoms with E-state index in [9.17, 15) is 0 Å². The van der Waals surface area contributed by atoms with Gasteiger partial charge in [0.15, 0.2) is 0 Å². The van der Waals surface area contributed by atoms with Crippen LogP contribution >= 0.6 is 11.6 Å². The van der Waals surface area contributed by atoms with E-state index in [1.807, 2.05) is 0 Å². The molecule has 0 amide bonds. The third-order valence-electron chi connectivity index (χ3n) is 4.65. The number of rotatable bonds is 2. The van der Waals surface area contributed by atoms with Crippen LogP contribution in [0.4, 0.5) is 0 Å². The van der Waals surface area contributed by atoms with Crippen LogP contribution in [0.2, 0.25) is 0 Å². The summed E-state index contributed by atoms with van der Waals surface area (Å²) in [5.74, 6) is 2.48. The smallest absolute Gasteiger partial charge is 0.123 e. The fourth-order valence-corrected chi connectivity index (χ4v) is 3.78. The largest absolute Gasteiger partial charge is 0.490 e. The van der Waals surface area contributed by atoms with Crippen LogP contribution in [0.5, 0.6) is 5.75 Å². The highest BCUT2D eigenvalue weighted by Crippen LogP contribution is 2.40. The van der Waals surface area contributed by atoms with Gasteiger partial charge in [-0.15, -0.1) is 11.6 Å². The molecule has 18 heavy (non-hydrogen) atoms. The first-order valence-corrected chi connectivity index (χ1v) is 7.47. The topological polar surface area (TPSA) is 9.23 Å². The zero-order valence-corrected chi connectivity index (χ0v) is 11.9. The highest BCUT2D eigenvalue weighted by atomic mass is 35.5.